The molecule has 1 N–H and O–H groups in total. The molecule has 5 heterocycles. The summed E-state index contributed by atoms with van der Waals surface area (Å²) in [5.74, 6) is 0. The minimum absolute atomic E-state index is 0.165. The van der Waals surface area contributed by atoms with Gasteiger partial charge in [-0.15, -0.1) is 11.3 Å². The number of piperazine rings is 1. The minimum Gasteiger partial charge on any atom is -0.346 e. The molecule has 1 atom stereocenters. The average molecular weight is 517 g/mol. The number of hydrogen-bond donors (Lipinski definition) is 1. The molecule has 5 rings (SSSR count). The van der Waals surface area contributed by atoms with Crippen LogP contribution >= 0.6 is 22.9 Å². The van der Waals surface area contributed by atoms with E-state index < -0.39 is 10.0 Å². The van der Waals surface area contributed by atoms with Crippen molar-refractivity contribution in [3.8, 4) is 17.3 Å². The summed E-state index contributed by atoms with van der Waals surface area (Å²) < 4.78 is 29.7. The summed E-state index contributed by atoms with van der Waals surface area (Å²) in [6.45, 7) is 2.51. The van der Waals surface area contributed by atoms with E-state index in [-0.39, 0.29) is 16.7 Å². The van der Waals surface area contributed by atoms with Crippen LogP contribution in [0.3, 0.4) is 0 Å². The summed E-state index contributed by atoms with van der Waals surface area (Å²) in [7, 11) is -3.54. The first-order valence-electron chi connectivity index (χ1n) is 10.6. The molecule has 0 radical (unpaired) electrons. The number of thiophene rings is 1. The lowest BCUT2D eigenvalue weighted by Crippen LogP contribution is -2.49. The molecule has 0 aliphatic carbocycles. The molecule has 1 fully saturated rings. The zero-order valence-electron chi connectivity index (χ0n) is 18.0. The van der Waals surface area contributed by atoms with Crippen LogP contribution in [0.2, 0.25) is 4.34 Å². The van der Waals surface area contributed by atoms with Crippen molar-refractivity contribution in [2.24, 2.45) is 0 Å². The highest BCUT2D eigenvalue weighted by atomic mass is 35.5. The number of halogens is 1. The van der Waals surface area contributed by atoms with E-state index in [1.54, 1.807) is 23.0 Å². The van der Waals surface area contributed by atoms with E-state index in [2.05, 4.69) is 31.0 Å². The first-order valence-corrected chi connectivity index (χ1v) is 13.3. The summed E-state index contributed by atoms with van der Waals surface area (Å²) in [6.07, 6.45) is 7.26. The van der Waals surface area contributed by atoms with Gasteiger partial charge < -0.3 is 4.98 Å². The molecule has 4 aromatic rings. The molecule has 4 aromatic heterocycles. The molecular formula is C21H21ClN8O2S2. The second kappa shape index (κ2) is 9.44. The molecule has 1 unspecified atom stereocenters. The zero-order chi connectivity index (χ0) is 23.7. The summed E-state index contributed by atoms with van der Waals surface area (Å²) in [4.78, 5) is 13.9. The third kappa shape index (κ3) is 4.45. The van der Waals surface area contributed by atoms with Gasteiger partial charge in [0.2, 0.25) is 0 Å². The maximum atomic E-state index is 12.9. The van der Waals surface area contributed by atoms with Crippen LogP contribution in [0.5, 0.6) is 0 Å². The fourth-order valence-corrected chi connectivity index (χ4v) is 7.18. The van der Waals surface area contributed by atoms with Crippen molar-refractivity contribution in [1.82, 2.24) is 33.9 Å². The molecule has 34 heavy (non-hydrogen) atoms. The van der Waals surface area contributed by atoms with E-state index in [1.807, 2.05) is 18.5 Å². The molecule has 10 nitrogen and oxygen atoms in total. The Kier molecular flexibility index (Phi) is 6.37. The quantitative estimate of drug-likeness (QED) is 0.400. The fraction of sp³-hybridized carbons (Fsp3) is 0.333. The van der Waals surface area contributed by atoms with Crippen LogP contribution in [-0.2, 0) is 10.0 Å². The van der Waals surface area contributed by atoms with Crippen LogP contribution < -0.4 is 0 Å². The molecule has 0 bridgehead atoms. The number of nitrogens with one attached hydrogen (secondary N) is 1. The van der Waals surface area contributed by atoms with Gasteiger partial charge in [-0.3, -0.25) is 9.58 Å². The molecule has 0 spiro atoms. The molecule has 0 aromatic carbocycles. The van der Waals surface area contributed by atoms with Gasteiger partial charge in [-0.2, -0.15) is 14.7 Å². The Bertz CT molecular complexity index is 1450. The molecule has 0 amide bonds. The number of H-pyrrole nitrogens is 1. The molecule has 1 saturated heterocycles. The van der Waals surface area contributed by atoms with Crippen LogP contribution in [0.15, 0.2) is 47.3 Å². The third-order valence-electron chi connectivity index (χ3n) is 5.87. The second-order valence-electron chi connectivity index (χ2n) is 7.95. The summed E-state index contributed by atoms with van der Waals surface area (Å²) in [5.41, 5.74) is 2.38. The Hall–Kier alpha value is -2.82. The maximum Gasteiger partial charge on any atom is 0.252 e. The van der Waals surface area contributed by atoms with Crippen LogP contribution in [0.25, 0.3) is 22.3 Å². The van der Waals surface area contributed by atoms with Crippen molar-refractivity contribution in [3.05, 3.63) is 47.5 Å². The summed E-state index contributed by atoms with van der Waals surface area (Å²) in [6, 6.07) is 7.16. The van der Waals surface area contributed by atoms with Gasteiger partial charge in [-0.25, -0.2) is 18.4 Å². The third-order valence-corrected chi connectivity index (χ3v) is 9.47. The number of sulfonamides is 1. The van der Waals surface area contributed by atoms with Crippen LogP contribution in [0.4, 0.5) is 0 Å². The number of aromatic nitrogens is 5. The molecule has 13 heteroatoms. The second-order valence-corrected chi connectivity index (χ2v) is 11.8. The first kappa shape index (κ1) is 22.9. The van der Waals surface area contributed by atoms with E-state index in [4.69, 9.17) is 11.6 Å². The van der Waals surface area contributed by atoms with Crippen molar-refractivity contribution < 1.29 is 8.42 Å². The first-order chi connectivity index (χ1) is 16.5. The Morgan fingerprint density at radius 1 is 1.21 bits per heavy atom. The largest absolute Gasteiger partial charge is 0.346 e. The number of fused-ring (bicyclic) bond motifs is 1. The van der Waals surface area contributed by atoms with Gasteiger partial charge in [0.15, 0.2) is 0 Å². The zero-order valence-corrected chi connectivity index (χ0v) is 20.4. The van der Waals surface area contributed by atoms with E-state index >= 15 is 0 Å². The van der Waals surface area contributed by atoms with Gasteiger partial charge in [0.1, 0.15) is 16.2 Å². The van der Waals surface area contributed by atoms with Crippen molar-refractivity contribution in [2.75, 3.05) is 32.7 Å². The van der Waals surface area contributed by atoms with Gasteiger partial charge in [-0.1, -0.05) is 11.6 Å². The van der Waals surface area contributed by atoms with Gasteiger partial charge in [0.05, 0.1) is 34.8 Å². The van der Waals surface area contributed by atoms with E-state index in [0.717, 1.165) is 33.6 Å². The smallest absolute Gasteiger partial charge is 0.252 e. The predicted molar refractivity (Wildman–Crippen MR) is 129 cm³/mol. The maximum absolute atomic E-state index is 12.9. The van der Waals surface area contributed by atoms with Gasteiger partial charge in [0.25, 0.3) is 10.0 Å². The van der Waals surface area contributed by atoms with Crippen molar-refractivity contribution >= 4 is 44.0 Å². The van der Waals surface area contributed by atoms with Gasteiger partial charge in [-0.05, 0) is 18.2 Å². The van der Waals surface area contributed by atoms with Crippen molar-refractivity contribution in [1.29, 1.82) is 5.26 Å². The lowest BCUT2D eigenvalue weighted by Gasteiger charge is -2.35. The lowest BCUT2D eigenvalue weighted by atomic mass is 10.1. The minimum atomic E-state index is -3.54. The molecule has 0 saturated carbocycles. The number of hydrogen-bond acceptors (Lipinski definition) is 8. The highest BCUT2D eigenvalue weighted by molar-refractivity contribution is 7.91. The highest BCUT2D eigenvalue weighted by Gasteiger charge is 2.30. The number of rotatable bonds is 7. The topological polar surface area (TPSA) is 124 Å². The van der Waals surface area contributed by atoms with Gasteiger partial charge in [0, 0.05) is 56.1 Å². The normalized spacial score (nSPS) is 16.6. The number of nitriles is 1. The molecule has 1 aliphatic heterocycles. The number of aromatic amines is 1. The average Bonchev–Trinajstić information content (AvgIpc) is 3.59. The highest BCUT2D eigenvalue weighted by Crippen LogP contribution is 2.29. The Morgan fingerprint density at radius 3 is 2.76 bits per heavy atom. The Labute approximate surface area is 205 Å². The molecule has 176 valence electrons. The number of nitrogens with zero attached hydrogens (tertiary/aromatic N) is 7. The fourth-order valence-electron chi connectivity index (χ4n) is 4.12. The molecule has 1 aliphatic rings. The standard InChI is InChI=1S/C21H21ClN8O2S2/c22-18-1-2-19(33-18)34(31,32)29-9-7-28(8-10-29)13-16(3-5-23)30-12-15(11-27-30)20-17-4-6-24-21(17)26-14-25-20/h1-2,4,6,11-12,14,16H,3,7-10,13H2,(H,24,25,26). The lowest BCUT2D eigenvalue weighted by molar-refractivity contribution is 0.163. The van der Waals surface area contributed by atoms with Crippen molar-refractivity contribution in [2.45, 2.75) is 16.7 Å². The van der Waals surface area contributed by atoms with E-state index in [1.165, 1.54) is 10.6 Å². The van der Waals surface area contributed by atoms with Crippen LogP contribution in [-0.4, -0.2) is 75.1 Å². The summed E-state index contributed by atoms with van der Waals surface area (Å²) >= 11 is 6.99. The SMILES string of the molecule is N#CCC(CN1CCN(S(=O)(=O)c2ccc(Cl)s2)CC1)n1cc(-c2ncnc3[nH]ccc23)cn1. The Morgan fingerprint density at radius 2 is 2.03 bits per heavy atom. The van der Waals surface area contributed by atoms with Gasteiger partial charge >= 0.3 is 0 Å². The van der Waals surface area contributed by atoms with E-state index in [0.29, 0.717) is 37.1 Å². The Balaban J connectivity index is 1.28. The van der Waals surface area contributed by atoms with Crippen molar-refractivity contribution in [3.63, 3.8) is 0 Å². The van der Waals surface area contributed by atoms with E-state index in [9.17, 15) is 13.7 Å². The van der Waals surface area contributed by atoms with Crippen LogP contribution in [0, 0.1) is 11.3 Å². The predicted octanol–water partition coefficient (Wildman–Crippen LogP) is 3.00. The van der Waals surface area contributed by atoms with Crippen LogP contribution in [0.1, 0.15) is 12.5 Å². The molecular weight excluding hydrogens is 496 g/mol. The monoisotopic (exact) mass is 516 g/mol. The summed E-state index contributed by atoms with van der Waals surface area (Å²) in [5, 5.41) is 14.8.